The molecule has 3 N–H and O–H groups in total. The molecule has 6 nitrogen and oxygen atoms in total. The third kappa shape index (κ3) is 5.28. The van der Waals surface area contributed by atoms with Crippen LogP contribution < -0.4 is 11.1 Å². The van der Waals surface area contributed by atoms with E-state index < -0.39 is 0 Å². The number of carbonyl (C=O) groups excluding carboxylic acids is 2. The van der Waals surface area contributed by atoms with Crippen LogP contribution in [0.25, 0.3) is 0 Å². The largest absolute Gasteiger partial charge is 0.352 e. The Morgan fingerprint density at radius 2 is 2.10 bits per heavy atom. The zero-order chi connectivity index (χ0) is 15.4. The molecule has 120 valence electrons. The standard InChI is InChI=1S/C15H28N4O2/c1-11(16)12-4-3-7-19(8-12)10-15(21)18(2)9-14(20)17-13-5-6-13/h11-13H,3-10,16H2,1-2H3,(H,17,20). The summed E-state index contributed by atoms with van der Waals surface area (Å²) >= 11 is 0. The zero-order valence-corrected chi connectivity index (χ0v) is 13.2. The first kappa shape index (κ1) is 16.2. The lowest BCUT2D eigenvalue weighted by atomic mass is 9.92. The van der Waals surface area contributed by atoms with Crippen molar-refractivity contribution >= 4 is 11.8 Å². The number of carbonyl (C=O) groups is 2. The van der Waals surface area contributed by atoms with Crippen molar-refractivity contribution in [1.82, 2.24) is 15.1 Å². The number of piperidine rings is 1. The summed E-state index contributed by atoms with van der Waals surface area (Å²) in [6.07, 6.45) is 4.36. The van der Waals surface area contributed by atoms with Gasteiger partial charge in [0.1, 0.15) is 0 Å². The van der Waals surface area contributed by atoms with Gasteiger partial charge in [-0.05, 0) is 45.1 Å². The second-order valence-corrected chi connectivity index (χ2v) is 6.59. The first-order chi connectivity index (χ1) is 9.95. The summed E-state index contributed by atoms with van der Waals surface area (Å²) in [6.45, 7) is 4.39. The number of likely N-dealkylation sites (tertiary alicyclic amines) is 1. The van der Waals surface area contributed by atoms with E-state index in [1.165, 1.54) is 4.90 Å². The van der Waals surface area contributed by atoms with Gasteiger partial charge in [-0.3, -0.25) is 14.5 Å². The summed E-state index contributed by atoms with van der Waals surface area (Å²) in [7, 11) is 1.70. The van der Waals surface area contributed by atoms with Crippen LogP contribution in [0, 0.1) is 5.92 Å². The maximum Gasteiger partial charge on any atom is 0.239 e. The van der Waals surface area contributed by atoms with E-state index in [0.717, 1.165) is 38.8 Å². The maximum absolute atomic E-state index is 12.2. The van der Waals surface area contributed by atoms with Crippen LogP contribution in [0.5, 0.6) is 0 Å². The van der Waals surface area contributed by atoms with Gasteiger partial charge < -0.3 is 16.0 Å². The number of hydrogen-bond donors (Lipinski definition) is 2. The molecule has 1 saturated heterocycles. The van der Waals surface area contributed by atoms with Crippen molar-refractivity contribution in [3.8, 4) is 0 Å². The summed E-state index contributed by atoms with van der Waals surface area (Å²) in [6, 6.07) is 0.514. The molecule has 2 rings (SSSR count). The second kappa shape index (κ2) is 7.22. The number of likely N-dealkylation sites (N-methyl/N-ethyl adjacent to an activating group) is 1. The van der Waals surface area contributed by atoms with Crippen molar-refractivity contribution in [3.63, 3.8) is 0 Å². The molecule has 1 saturated carbocycles. The van der Waals surface area contributed by atoms with Gasteiger partial charge in [0, 0.05) is 25.7 Å². The minimum atomic E-state index is -0.0551. The molecular formula is C15H28N4O2. The van der Waals surface area contributed by atoms with E-state index in [1.807, 2.05) is 6.92 Å². The van der Waals surface area contributed by atoms with Gasteiger partial charge in [-0.25, -0.2) is 0 Å². The van der Waals surface area contributed by atoms with Gasteiger partial charge in [0.05, 0.1) is 13.1 Å². The fraction of sp³-hybridized carbons (Fsp3) is 0.867. The first-order valence-corrected chi connectivity index (χ1v) is 7.97. The number of nitrogens with two attached hydrogens (primary N) is 1. The van der Waals surface area contributed by atoms with Gasteiger partial charge in [-0.15, -0.1) is 0 Å². The smallest absolute Gasteiger partial charge is 0.239 e. The van der Waals surface area contributed by atoms with Crippen LogP contribution in [-0.4, -0.2) is 66.9 Å². The SMILES string of the molecule is CC(N)C1CCCN(CC(=O)N(C)CC(=O)NC2CC2)C1. The van der Waals surface area contributed by atoms with Crippen LogP contribution in [0.4, 0.5) is 0 Å². The molecule has 1 aliphatic heterocycles. The molecule has 6 heteroatoms. The Morgan fingerprint density at radius 1 is 1.38 bits per heavy atom. The molecule has 0 radical (unpaired) electrons. The van der Waals surface area contributed by atoms with Crippen LogP contribution in [0.3, 0.4) is 0 Å². The highest BCUT2D eigenvalue weighted by atomic mass is 16.2. The molecule has 2 unspecified atom stereocenters. The molecule has 21 heavy (non-hydrogen) atoms. The molecule has 1 aliphatic carbocycles. The number of amides is 2. The molecule has 0 aromatic rings. The average molecular weight is 296 g/mol. The molecule has 0 spiro atoms. The topological polar surface area (TPSA) is 78.7 Å². The summed E-state index contributed by atoms with van der Waals surface area (Å²) in [5.74, 6) is 0.418. The molecule has 1 heterocycles. The lowest BCUT2D eigenvalue weighted by Gasteiger charge is -2.34. The minimum Gasteiger partial charge on any atom is -0.352 e. The summed E-state index contributed by atoms with van der Waals surface area (Å²) in [4.78, 5) is 27.6. The Hall–Kier alpha value is -1.14. The van der Waals surface area contributed by atoms with Gasteiger partial charge in [-0.1, -0.05) is 0 Å². The van der Waals surface area contributed by atoms with Crippen LogP contribution in [0.2, 0.25) is 0 Å². The van der Waals surface area contributed by atoms with Crippen molar-refractivity contribution in [2.75, 3.05) is 33.2 Å². The minimum absolute atomic E-state index is 0.00581. The Morgan fingerprint density at radius 3 is 2.71 bits per heavy atom. The predicted octanol–water partition coefficient (Wildman–Crippen LogP) is -0.217. The van der Waals surface area contributed by atoms with Gasteiger partial charge >= 0.3 is 0 Å². The van der Waals surface area contributed by atoms with Crippen molar-refractivity contribution in [3.05, 3.63) is 0 Å². The molecule has 0 aromatic heterocycles. The van der Waals surface area contributed by atoms with E-state index in [2.05, 4.69) is 10.2 Å². The fourth-order valence-corrected chi connectivity index (χ4v) is 2.78. The van der Waals surface area contributed by atoms with E-state index in [0.29, 0.717) is 18.5 Å². The van der Waals surface area contributed by atoms with Gasteiger partial charge in [0.15, 0.2) is 0 Å². The lowest BCUT2D eigenvalue weighted by Crippen LogP contribution is -2.48. The Balaban J connectivity index is 1.72. The number of hydrogen-bond acceptors (Lipinski definition) is 4. The number of nitrogens with zero attached hydrogens (tertiary/aromatic N) is 2. The summed E-state index contributed by atoms with van der Waals surface area (Å²) in [5.41, 5.74) is 5.96. The molecule has 2 atom stereocenters. The Labute approximate surface area is 127 Å². The van der Waals surface area contributed by atoms with E-state index >= 15 is 0 Å². The molecule has 2 amide bonds. The van der Waals surface area contributed by atoms with Crippen molar-refractivity contribution in [2.24, 2.45) is 11.7 Å². The normalized spacial score (nSPS) is 24.4. The monoisotopic (exact) mass is 296 g/mol. The highest BCUT2D eigenvalue weighted by Gasteiger charge is 2.26. The van der Waals surface area contributed by atoms with E-state index in [1.54, 1.807) is 7.05 Å². The van der Waals surface area contributed by atoms with Crippen LogP contribution in [0.1, 0.15) is 32.6 Å². The molecule has 2 fully saturated rings. The number of rotatable bonds is 6. The van der Waals surface area contributed by atoms with Gasteiger partial charge in [0.2, 0.25) is 11.8 Å². The van der Waals surface area contributed by atoms with E-state index in [9.17, 15) is 9.59 Å². The third-order valence-corrected chi connectivity index (χ3v) is 4.39. The molecular weight excluding hydrogens is 268 g/mol. The predicted molar refractivity (Wildman–Crippen MR) is 81.6 cm³/mol. The summed E-state index contributed by atoms with van der Waals surface area (Å²) in [5, 5.41) is 2.90. The second-order valence-electron chi connectivity index (χ2n) is 6.59. The van der Waals surface area contributed by atoms with Crippen molar-refractivity contribution < 1.29 is 9.59 Å². The highest BCUT2D eigenvalue weighted by molar-refractivity contribution is 5.85. The fourth-order valence-electron chi connectivity index (χ4n) is 2.78. The van der Waals surface area contributed by atoms with E-state index in [-0.39, 0.29) is 24.4 Å². The van der Waals surface area contributed by atoms with Crippen LogP contribution in [0.15, 0.2) is 0 Å². The molecule has 2 aliphatic rings. The molecule has 0 bridgehead atoms. The number of nitrogens with one attached hydrogen (secondary N) is 1. The Kier molecular flexibility index (Phi) is 5.58. The van der Waals surface area contributed by atoms with Gasteiger partial charge in [0.25, 0.3) is 0 Å². The first-order valence-electron chi connectivity index (χ1n) is 7.97. The Bertz CT molecular complexity index is 382. The van der Waals surface area contributed by atoms with Crippen molar-refractivity contribution in [2.45, 2.75) is 44.7 Å². The highest BCUT2D eigenvalue weighted by Crippen LogP contribution is 2.19. The van der Waals surface area contributed by atoms with Crippen LogP contribution >= 0.6 is 0 Å². The quantitative estimate of drug-likeness (QED) is 0.710. The van der Waals surface area contributed by atoms with Crippen molar-refractivity contribution in [1.29, 1.82) is 0 Å². The average Bonchev–Trinajstić information content (AvgIpc) is 3.22. The van der Waals surface area contributed by atoms with Crippen LogP contribution in [-0.2, 0) is 9.59 Å². The maximum atomic E-state index is 12.2. The summed E-state index contributed by atoms with van der Waals surface area (Å²) < 4.78 is 0. The third-order valence-electron chi connectivity index (χ3n) is 4.39. The van der Waals surface area contributed by atoms with Gasteiger partial charge in [-0.2, -0.15) is 0 Å². The zero-order valence-electron chi connectivity index (χ0n) is 13.2. The van der Waals surface area contributed by atoms with E-state index in [4.69, 9.17) is 5.73 Å². The molecule has 0 aromatic carbocycles. The lowest BCUT2D eigenvalue weighted by molar-refractivity contribution is -0.136.